The van der Waals surface area contributed by atoms with Crippen molar-refractivity contribution in [1.82, 2.24) is 5.32 Å². The number of halogens is 3. The first-order chi connectivity index (χ1) is 12.2. The number of nitrogens with one attached hydrogen (secondary N) is 1. The topological polar surface area (TPSA) is 34.4 Å². The van der Waals surface area contributed by atoms with E-state index >= 15 is 0 Å². The van der Waals surface area contributed by atoms with Gasteiger partial charge in [0.25, 0.3) is 0 Å². The molecule has 1 heterocycles. The number of methoxy groups -OCH3 is 1. The molecule has 138 valence electrons. The molecule has 6 heteroatoms. The lowest BCUT2D eigenvalue weighted by atomic mass is 10.1. The third-order valence-electron chi connectivity index (χ3n) is 3.92. The fourth-order valence-electron chi connectivity index (χ4n) is 2.65. The van der Waals surface area contributed by atoms with Crippen LogP contribution in [0.25, 0.3) is 11.3 Å². The minimum absolute atomic E-state index is 0. The van der Waals surface area contributed by atoms with Crippen molar-refractivity contribution in [3.8, 4) is 17.1 Å². The largest absolute Gasteiger partial charge is 0.496 e. The molecule has 0 saturated heterocycles. The van der Waals surface area contributed by atoms with Crippen LogP contribution in [0.15, 0.2) is 59.0 Å². The highest BCUT2D eigenvalue weighted by Crippen LogP contribution is 2.31. The maximum absolute atomic E-state index is 6.22. The van der Waals surface area contributed by atoms with Crippen LogP contribution in [0.4, 0.5) is 0 Å². The Balaban J connectivity index is 0.00000243. The van der Waals surface area contributed by atoms with Gasteiger partial charge < -0.3 is 14.5 Å². The summed E-state index contributed by atoms with van der Waals surface area (Å²) in [4.78, 5) is 0. The van der Waals surface area contributed by atoms with Crippen molar-refractivity contribution >= 4 is 35.6 Å². The molecule has 3 nitrogen and oxygen atoms in total. The Hall–Kier alpha value is -1.65. The molecular weight excluding hydrogens is 393 g/mol. The minimum Gasteiger partial charge on any atom is -0.496 e. The van der Waals surface area contributed by atoms with Crippen LogP contribution in [0, 0.1) is 0 Å². The summed E-state index contributed by atoms with van der Waals surface area (Å²) in [7, 11) is 1.69. The normalized spacial score (nSPS) is 10.4. The van der Waals surface area contributed by atoms with E-state index < -0.39 is 0 Å². The van der Waals surface area contributed by atoms with E-state index in [-0.39, 0.29) is 12.4 Å². The summed E-state index contributed by atoms with van der Waals surface area (Å²) in [5, 5.41) is 4.64. The number of hydrogen-bond donors (Lipinski definition) is 1. The van der Waals surface area contributed by atoms with E-state index in [9.17, 15) is 0 Å². The lowest BCUT2D eigenvalue weighted by molar-refractivity contribution is 0.408. The number of hydrogen-bond acceptors (Lipinski definition) is 3. The van der Waals surface area contributed by atoms with E-state index in [0.717, 1.165) is 30.0 Å². The van der Waals surface area contributed by atoms with Crippen molar-refractivity contribution in [1.29, 1.82) is 0 Å². The molecule has 3 aromatic rings. The van der Waals surface area contributed by atoms with Gasteiger partial charge in [-0.15, -0.1) is 12.4 Å². The predicted molar refractivity (Wildman–Crippen MR) is 110 cm³/mol. The number of para-hydroxylation sites is 1. The summed E-state index contributed by atoms with van der Waals surface area (Å²) in [5.74, 6) is 2.49. The third kappa shape index (κ3) is 5.18. The number of rotatable bonds is 7. The summed E-state index contributed by atoms with van der Waals surface area (Å²) in [6, 6.07) is 17.2. The predicted octanol–water partition coefficient (Wildman–Crippen LogP) is 6.02. The van der Waals surface area contributed by atoms with Crippen molar-refractivity contribution in [2.75, 3.05) is 13.7 Å². The summed E-state index contributed by atoms with van der Waals surface area (Å²) in [6.45, 7) is 1.47. The smallest absolute Gasteiger partial charge is 0.135 e. The fraction of sp³-hybridized carbons (Fsp3) is 0.200. The minimum atomic E-state index is 0. The van der Waals surface area contributed by atoms with Gasteiger partial charge in [-0.05, 0) is 54.9 Å². The van der Waals surface area contributed by atoms with Gasteiger partial charge in [0.15, 0.2) is 0 Å². The molecule has 1 N–H and O–H groups in total. The number of ether oxygens (including phenoxy) is 1. The maximum Gasteiger partial charge on any atom is 0.135 e. The average molecular weight is 413 g/mol. The number of furan rings is 1. The summed E-state index contributed by atoms with van der Waals surface area (Å²) in [5.41, 5.74) is 1.98. The van der Waals surface area contributed by atoms with Gasteiger partial charge in [-0.25, -0.2) is 0 Å². The Morgan fingerprint density at radius 1 is 1.04 bits per heavy atom. The first-order valence-electron chi connectivity index (χ1n) is 8.04. The van der Waals surface area contributed by atoms with Gasteiger partial charge in [-0.2, -0.15) is 0 Å². The molecule has 1 aromatic heterocycles. The van der Waals surface area contributed by atoms with Crippen LogP contribution in [-0.2, 0) is 13.0 Å². The Bertz CT molecular complexity index is 849. The molecule has 0 spiro atoms. The zero-order chi connectivity index (χ0) is 17.6. The van der Waals surface area contributed by atoms with Crippen molar-refractivity contribution in [2.45, 2.75) is 13.0 Å². The molecule has 0 amide bonds. The quantitative estimate of drug-likeness (QED) is 0.482. The maximum atomic E-state index is 6.22. The van der Waals surface area contributed by atoms with Crippen molar-refractivity contribution in [3.63, 3.8) is 0 Å². The molecular formula is C20H20Cl3NO2. The molecule has 0 fully saturated rings. The second-order valence-electron chi connectivity index (χ2n) is 5.63. The van der Waals surface area contributed by atoms with Gasteiger partial charge >= 0.3 is 0 Å². The molecule has 0 unspecified atom stereocenters. The van der Waals surface area contributed by atoms with Crippen molar-refractivity contribution < 1.29 is 9.15 Å². The zero-order valence-corrected chi connectivity index (χ0v) is 16.6. The molecule has 26 heavy (non-hydrogen) atoms. The van der Waals surface area contributed by atoms with Gasteiger partial charge in [-0.1, -0.05) is 41.4 Å². The van der Waals surface area contributed by atoms with Crippen molar-refractivity contribution in [3.05, 3.63) is 76.0 Å². The fourth-order valence-corrected chi connectivity index (χ4v) is 3.03. The van der Waals surface area contributed by atoms with Crippen LogP contribution in [-0.4, -0.2) is 13.7 Å². The average Bonchev–Trinajstić information content (AvgIpc) is 3.10. The Labute approximate surface area is 169 Å². The van der Waals surface area contributed by atoms with Crippen LogP contribution in [0.2, 0.25) is 10.0 Å². The Morgan fingerprint density at radius 2 is 1.85 bits per heavy atom. The molecule has 0 aliphatic heterocycles. The van der Waals surface area contributed by atoms with Crippen LogP contribution >= 0.6 is 35.6 Å². The molecule has 0 aliphatic rings. The standard InChI is InChI=1S/C20H19Cl2NO2.ClH/c1-24-19-5-3-2-4-14(19)10-11-23-13-16-7-9-20(25-16)17-12-15(21)6-8-18(17)22;/h2-9,12,23H,10-11,13H2,1H3;1H. The van der Waals surface area contributed by atoms with Crippen LogP contribution in [0.3, 0.4) is 0 Å². The highest BCUT2D eigenvalue weighted by atomic mass is 35.5. The SMILES string of the molecule is COc1ccccc1CCNCc1ccc(-c2cc(Cl)ccc2Cl)o1.Cl. The molecule has 0 radical (unpaired) electrons. The Morgan fingerprint density at radius 3 is 2.65 bits per heavy atom. The monoisotopic (exact) mass is 411 g/mol. The molecule has 0 bridgehead atoms. The molecule has 3 rings (SSSR count). The first-order valence-corrected chi connectivity index (χ1v) is 8.79. The Kier molecular flexibility index (Phi) is 7.85. The molecule has 0 saturated carbocycles. The van der Waals surface area contributed by atoms with Crippen LogP contribution < -0.4 is 10.1 Å². The van der Waals surface area contributed by atoms with Crippen LogP contribution in [0.1, 0.15) is 11.3 Å². The second kappa shape index (κ2) is 9.89. The van der Waals surface area contributed by atoms with E-state index in [4.69, 9.17) is 32.4 Å². The summed E-state index contributed by atoms with van der Waals surface area (Å²) in [6.07, 6.45) is 0.887. The third-order valence-corrected chi connectivity index (χ3v) is 4.48. The highest BCUT2D eigenvalue weighted by Gasteiger charge is 2.09. The van der Waals surface area contributed by atoms with Gasteiger partial charge in [0.2, 0.25) is 0 Å². The lowest BCUT2D eigenvalue weighted by Gasteiger charge is -2.08. The second-order valence-corrected chi connectivity index (χ2v) is 6.47. The zero-order valence-electron chi connectivity index (χ0n) is 14.3. The molecule has 0 aliphatic carbocycles. The van der Waals surface area contributed by atoms with E-state index in [1.54, 1.807) is 19.2 Å². The summed E-state index contributed by atoms with van der Waals surface area (Å²) < 4.78 is 11.2. The van der Waals surface area contributed by atoms with E-state index in [1.165, 1.54) is 5.56 Å². The lowest BCUT2D eigenvalue weighted by Crippen LogP contribution is -2.16. The molecule has 0 atom stereocenters. The molecule has 2 aromatic carbocycles. The van der Waals surface area contributed by atoms with Gasteiger partial charge in [0.1, 0.15) is 17.3 Å². The first kappa shape index (κ1) is 20.7. The summed E-state index contributed by atoms with van der Waals surface area (Å²) >= 11 is 12.3. The van der Waals surface area contributed by atoms with E-state index in [0.29, 0.717) is 22.4 Å². The van der Waals surface area contributed by atoms with Crippen LogP contribution in [0.5, 0.6) is 5.75 Å². The van der Waals surface area contributed by atoms with E-state index in [1.807, 2.05) is 36.4 Å². The van der Waals surface area contributed by atoms with Gasteiger partial charge in [-0.3, -0.25) is 0 Å². The van der Waals surface area contributed by atoms with Crippen molar-refractivity contribution in [2.24, 2.45) is 0 Å². The van der Waals surface area contributed by atoms with E-state index in [2.05, 4.69) is 11.4 Å². The van der Waals surface area contributed by atoms with Gasteiger partial charge in [0.05, 0.1) is 18.7 Å². The number of benzene rings is 2. The highest BCUT2D eigenvalue weighted by molar-refractivity contribution is 6.35. The van der Waals surface area contributed by atoms with Gasteiger partial charge in [0, 0.05) is 10.6 Å².